The highest BCUT2D eigenvalue weighted by Gasteiger charge is 2.25. The zero-order valence-electron chi connectivity index (χ0n) is 15.5. The maximum atomic E-state index is 12.7. The highest BCUT2D eigenvalue weighted by Crippen LogP contribution is 2.13. The van der Waals surface area contributed by atoms with Gasteiger partial charge >= 0.3 is 0 Å². The number of hydrogen-bond donors (Lipinski definition) is 2. The Hall–Kier alpha value is -3.39. The number of carbonyl (C=O) groups is 2. The van der Waals surface area contributed by atoms with Crippen LogP contribution >= 0.6 is 0 Å². The smallest absolute Gasteiger partial charge is 0.247 e. The van der Waals surface area contributed by atoms with Crippen molar-refractivity contribution in [2.45, 2.75) is 26.3 Å². The summed E-state index contributed by atoms with van der Waals surface area (Å²) in [6.07, 6.45) is 3.88. The van der Waals surface area contributed by atoms with Crippen LogP contribution in [-0.2, 0) is 9.59 Å². The van der Waals surface area contributed by atoms with Gasteiger partial charge in [0.25, 0.3) is 0 Å². The van der Waals surface area contributed by atoms with Crippen molar-refractivity contribution in [3.8, 4) is 6.07 Å². The lowest BCUT2D eigenvalue weighted by molar-refractivity contribution is -0.125. The molecular weight excluding hydrogens is 338 g/mol. The number of anilines is 1. The number of nitriles is 1. The molecule has 0 radical (unpaired) electrons. The van der Waals surface area contributed by atoms with Crippen LogP contribution in [0, 0.1) is 17.2 Å². The number of amides is 2. The highest BCUT2D eigenvalue weighted by atomic mass is 16.2. The van der Waals surface area contributed by atoms with Crippen molar-refractivity contribution in [2.24, 2.45) is 5.92 Å². The van der Waals surface area contributed by atoms with Crippen LogP contribution < -0.4 is 10.6 Å². The van der Waals surface area contributed by atoms with Crippen molar-refractivity contribution in [1.82, 2.24) is 5.32 Å². The molecule has 0 aliphatic carbocycles. The molecule has 0 unspecified atom stereocenters. The number of rotatable bonds is 7. The van der Waals surface area contributed by atoms with Gasteiger partial charge in [0.05, 0.1) is 11.6 Å². The van der Waals surface area contributed by atoms with Crippen LogP contribution in [0.3, 0.4) is 0 Å². The Bertz CT molecular complexity index is 836. The maximum Gasteiger partial charge on any atom is 0.247 e. The van der Waals surface area contributed by atoms with Crippen LogP contribution in [0.1, 0.15) is 31.4 Å². The van der Waals surface area contributed by atoms with Gasteiger partial charge in [-0.05, 0) is 41.8 Å². The Morgan fingerprint density at radius 2 is 1.78 bits per heavy atom. The van der Waals surface area contributed by atoms with Crippen LogP contribution in [0.4, 0.5) is 5.69 Å². The first-order valence-corrected chi connectivity index (χ1v) is 8.88. The number of hydrogen-bond acceptors (Lipinski definition) is 3. The van der Waals surface area contributed by atoms with Gasteiger partial charge in [-0.1, -0.05) is 50.6 Å². The summed E-state index contributed by atoms with van der Waals surface area (Å²) in [4.78, 5) is 24.9. The highest BCUT2D eigenvalue weighted by molar-refractivity contribution is 6.00. The molecule has 0 heterocycles. The molecule has 138 valence electrons. The monoisotopic (exact) mass is 361 g/mol. The zero-order valence-corrected chi connectivity index (χ0v) is 15.5. The fraction of sp³-hybridized carbons (Fsp3) is 0.227. The molecule has 2 N–H and O–H groups in total. The third-order valence-corrected chi connectivity index (χ3v) is 4.30. The first-order valence-electron chi connectivity index (χ1n) is 8.88. The van der Waals surface area contributed by atoms with Crippen LogP contribution in [0.5, 0.6) is 0 Å². The molecule has 0 fully saturated rings. The molecule has 5 nitrogen and oxygen atoms in total. The number of carbonyl (C=O) groups excluding carboxylic acids is 2. The minimum absolute atomic E-state index is 0.0301. The predicted molar refractivity (Wildman–Crippen MR) is 107 cm³/mol. The summed E-state index contributed by atoms with van der Waals surface area (Å²) < 4.78 is 0. The minimum Gasteiger partial charge on any atom is -0.340 e. The summed E-state index contributed by atoms with van der Waals surface area (Å²) in [6.45, 7) is 3.89. The van der Waals surface area contributed by atoms with Crippen molar-refractivity contribution < 1.29 is 9.59 Å². The Labute approximate surface area is 159 Å². The van der Waals surface area contributed by atoms with E-state index in [0.29, 0.717) is 11.3 Å². The lowest BCUT2D eigenvalue weighted by Crippen LogP contribution is -2.47. The van der Waals surface area contributed by atoms with E-state index in [4.69, 9.17) is 5.26 Å². The number of nitrogens with one attached hydrogen (secondary N) is 2. The fourth-order valence-electron chi connectivity index (χ4n) is 2.49. The summed E-state index contributed by atoms with van der Waals surface area (Å²) in [7, 11) is 0. The van der Waals surface area contributed by atoms with E-state index in [2.05, 4.69) is 10.6 Å². The summed E-state index contributed by atoms with van der Waals surface area (Å²) in [5.74, 6) is -0.632. The Morgan fingerprint density at radius 1 is 1.11 bits per heavy atom. The maximum absolute atomic E-state index is 12.7. The largest absolute Gasteiger partial charge is 0.340 e. The fourth-order valence-corrected chi connectivity index (χ4v) is 2.49. The summed E-state index contributed by atoms with van der Waals surface area (Å²) in [5, 5.41) is 14.4. The zero-order chi connectivity index (χ0) is 19.6. The second kappa shape index (κ2) is 9.93. The van der Waals surface area contributed by atoms with Gasteiger partial charge in [-0.15, -0.1) is 0 Å². The number of nitrogens with zero attached hydrogens (tertiary/aromatic N) is 1. The molecule has 5 heteroatoms. The molecular formula is C22H23N3O2. The Kier molecular flexibility index (Phi) is 7.33. The van der Waals surface area contributed by atoms with E-state index in [1.54, 1.807) is 30.3 Å². The molecule has 2 atom stereocenters. The topological polar surface area (TPSA) is 82.0 Å². The van der Waals surface area contributed by atoms with Crippen LogP contribution in [-0.4, -0.2) is 17.9 Å². The lowest BCUT2D eigenvalue weighted by Gasteiger charge is -2.23. The number of benzene rings is 2. The molecule has 0 saturated carbocycles. The molecule has 2 rings (SSSR count). The van der Waals surface area contributed by atoms with E-state index in [1.807, 2.05) is 50.2 Å². The van der Waals surface area contributed by atoms with E-state index >= 15 is 0 Å². The third kappa shape index (κ3) is 6.12. The molecule has 0 aliphatic rings. The summed E-state index contributed by atoms with van der Waals surface area (Å²) in [6, 6.07) is 17.5. The van der Waals surface area contributed by atoms with Gasteiger partial charge in [-0.25, -0.2) is 0 Å². The first kappa shape index (κ1) is 19.9. The Balaban J connectivity index is 2.04. The van der Waals surface area contributed by atoms with Gasteiger partial charge in [-0.3, -0.25) is 9.59 Å². The van der Waals surface area contributed by atoms with E-state index in [-0.39, 0.29) is 17.7 Å². The molecule has 0 bridgehead atoms. The minimum atomic E-state index is -0.654. The third-order valence-electron chi connectivity index (χ3n) is 4.30. The van der Waals surface area contributed by atoms with Gasteiger partial charge in [0, 0.05) is 11.8 Å². The SMILES string of the molecule is CC[C@H](C)[C@H](NC(=O)C=Cc1ccccc1)C(=O)Nc1ccc(C#N)cc1. The van der Waals surface area contributed by atoms with E-state index < -0.39 is 6.04 Å². The van der Waals surface area contributed by atoms with Gasteiger partial charge in [-0.2, -0.15) is 5.26 Å². The average molecular weight is 361 g/mol. The predicted octanol–water partition coefficient (Wildman–Crippen LogP) is 3.74. The average Bonchev–Trinajstić information content (AvgIpc) is 2.71. The van der Waals surface area contributed by atoms with Crippen LogP contribution in [0.2, 0.25) is 0 Å². The van der Waals surface area contributed by atoms with Gasteiger partial charge in [0.2, 0.25) is 11.8 Å². The van der Waals surface area contributed by atoms with Crippen LogP contribution in [0.15, 0.2) is 60.7 Å². The summed E-state index contributed by atoms with van der Waals surface area (Å²) in [5.41, 5.74) is 2.02. The van der Waals surface area contributed by atoms with Crippen molar-refractivity contribution >= 4 is 23.6 Å². The first-order chi connectivity index (χ1) is 13.0. The van der Waals surface area contributed by atoms with Crippen molar-refractivity contribution in [2.75, 3.05) is 5.32 Å². The van der Waals surface area contributed by atoms with Crippen LogP contribution in [0.25, 0.3) is 6.08 Å². The quantitative estimate of drug-likeness (QED) is 0.737. The molecule has 2 aromatic rings. The standard InChI is InChI=1S/C22H23N3O2/c1-3-16(2)21(22(27)24-19-12-9-18(15-23)10-13-19)25-20(26)14-11-17-7-5-4-6-8-17/h4-14,16,21H,3H2,1-2H3,(H,24,27)(H,25,26)/t16-,21-/m0/s1. The van der Waals surface area contributed by atoms with E-state index in [0.717, 1.165) is 12.0 Å². The lowest BCUT2D eigenvalue weighted by atomic mass is 9.98. The molecule has 2 amide bonds. The molecule has 2 aromatic carbocycles. The van der Waals surface area contributed by atoms with Gasteiger partial charge in [0.1, 0.15) is 6.04 Å². The normalized spacial score (nSPS) is 12.8. The summed E-state index contributed by atoms with van der Waals surface area (Å²) >= 11 is 0. The van der Waals surface area contributed by atoms with E-state index in [9.17, 15) is 9.59 Å². The van der Waals surface area contributed by atoms with Gasteiger partial charge in [0.15, 0.2) is 0 Å². The van der Waals surface area contributed by atoms with Crippen molar-refractivity contribution in [3.63, 3.8) is 0 Å². The second-order valence-corrected chi connectivity index (χ2v) is 6.29. The molecule has 0 aromatic heterocycles. The van der Waals surface area contributed by atoms with Crippen molar-refractivity contribution in [3.05, 3.63) is 71.8 Å². The van der Waals surface area contributed by atoms with Crippen molar-refractivity contribution in [1.29, 1.82) is 5.26 Å². The Morgan fingerprint density at radius 3 is 2.37 bits per heavy atom. The second-order valence-electron chi connectivity index (χ2n) is 6.29. The molecule has 0 aliphatic heterocycles. The van der Waals surface area contributed by atoms with E-state index in [1.165, 1.54) is 6.08 Å². The van der Waals surface area contributed by atoms with Gasteiger partial charge < -0.3 is 10.6 Å². The molecule has 0 spiro atoms. The molecule has 0 saturated heterocycles. The molecule has 27 heavy (non-hydrogen) atoms.